The lowest BCUT2D eigenvalue weighted by Crippen LogP contribution is -2.51. The predicted molar refractivity (Wildman–Crippen MR) is 101 cm³/mol. The molecule has 1 fully saturated rings. The molecule has 0 aromatic carbocycles. The van der Waals surface area contributed by atoms with E-state index >= 15 is 0 Å². The summed E-state index contributed by atoms with van der Waals surface area (Å²) < 4.78 is 5.38. The molecule has 2 aromatic rings. The Labute approximate surface area is 159 Å². The molecule has 2 aromatic heterocycles. The SMILES string of the molecule is CC(C)(C)OC(=O)N1CCN(C(=O)c2ccc(-c3ccccn3)nc2)CC1. The zero-order chi connectivity index (χ0) is 19.4. The van der Waals surface area contributed by atoms with Crippen molar-refractivity contribution in [2.24, 2.45) is 0 Å². The predicted octanol–water partition coefficient (Wildman–Crippen LogP) is 2.84. The first-order valence-electron chi connectivity index (χ1n) is 8.98. The molecule has 142 valence electrons. The van der Waals surface area contributed by atoms with E-state index in [1.165, 1.54) is 0 Å². The number of carbonyl (C=O) groups excluding carboxylic acids is 2. The number of aromatic nitrogens is 2. The molecule has 0 N–H and O–H groups in total. The fraction of sp³-hybridized carbons (Fsp3) is 0.400. The summed E-state index contributed by atoms with van der Waals surface area (Å²) in [6.45, 7) is 7.38. The average molecular weight is 368 g/mol. The molecule has 27 heavy (non-hydrogen) atoms. The summed E-state index contributed by atoms with van der Waals surface area (Å²) in [5.74, 6) is -0.0843. The van der Waals surface area contributed by atoms with E-state index in [0.29, 0.717) is 31.7 Å². The minimum Gasteiger partial charge on any atom is -0.444 e. The first kappa shape index (κ1) is 18.8. The maximum atomic E-state index is 12.7. The van der Waals surface area contributed by atoms with Crippen molar-refractivity contribution in [3.05, 3.63) is 48.3 Å². The summed E-state index contributed by atoms with van der Waals surface area (Å²) in [4.78, 5) is 36.8. The standard InChI is InChI=1S/C20H24N4O3/c1-20(2,3)27-19(26)24-12-10-23(11-13-24)18(25)15-7-8-17(22-14-15)16-6-4-5-9-21-16/h4-9,14H,10-13H2,1-3H3. The first-order chi connectivity index (χ1) is 12.8. The third-order valence-corrected chi connectivity index (χ3v) is 4.16. The quantitative estimate of drug-likeness (QED) is 0.815. The van der Waals surface area contributed by atoms with E-state index in [4.69, 9.17) is 4.74 Å². The van der Waals surface area contributed by atoms with E-state index < -0.39 is 5.60 Å². The van der Waals surface area contributed by atoms with Crippen molar-refractivity contribution < 1.29 is 14.3 Å². The maximum absolute atomic E-state index is 12.7. The second-order valence-electron chi connectivity index (χ2n) is 7.41. The Kier molecular flexibility index (Phi) is 5.39. The van der Waals surface area contributed by atoms with Gasteiger partial charge in [0, 0.05) is 38.6 Å². The number of piperazine rings is 1. The molecule has 2 amide bonds. The van der Waals surface area contributed by atoms with Crippen molar-refractivity contribution in [3.63, 3.8) is 0 Å². The molecule has 0 spiro atoms. The van der Waals surface area contributed by atoms with Crippen LogP contribution in [0.25, 0.3) is 11.4 Å². The van der Waals surface area contributed by atoms with Crippen molar-refractivity contribution >= 4 is 12.0 Å². The number of rotatable bonds is 2. The summed E-state index contributed by atoms with van der Waals surface area (Å²) in [6.07, 6.45) is 2.95. The van der Waals surface area contributed by atoms with E-state index in [9.17, 15) is 9.59 Å². The number of nitrogens with zero attached hydrogens (tertiary/aromatic N) is 4. The Morgan fingerprint density at radius 2 is 1.59 bits per heavy atom. The molecule has 3 heterocycles. The van der Waals surface area contributed by atoms with Gasteiger partial charge in [-0.3, -0.25) is 14.8 Å². The van der Waals surface area contributed by atoms with Gasteiger partial charge in [-0.2, -0.15) is 0 Å². The van der Waals surface area contributed by atoms with Gasteiger partial charge in [-0.1, -0.05) is 6.07 Å². The van der Waals surface area contributed by atoms with Crippen LogP contribution in [-0.2, 0) is 4.74 Å². The molecular formula is C20H24N4O3. The van der Waals surface area contributed by atoms with Crippen LogP contribution < -0.4 is 0 Å². The highest BCUT2D eigenvalue weighted by atomic mass is 16.6. The average Bonchev–Trinajstić information content (AvgIpc) is 2.67. The van der Waals surface area contributed by atoms with Gasteiger partial charge in [0.05, 0.1) is 17.0 Å². The lowest BCUT2D eigenvalue weighted by molar-refractivity contribution is 0.0141. The number of hydrogen-bond acceptors (Lipinski definition) is 5. The fourth-order valence-corrected chi connectivity index (χ4v) is 2.79. The van der Waals surface area contributed by atoms with Crippen molar-refractivity contribution in [2.45, 2.75) is 26.4 Å². The lowest BCUT2D eigenvalue weighted by atomic mass is 10.2. The van der Waals surface area contributed by atoms with Gasteiger partial charge in [-0.05, 0) is 45.0 Å². The topological polar surface area (TPSA) is 75.6 Å². The molecule has 1 aliphatic rings. The first-order valence-corrected chi connectivity index (χ1v) is 8.98. The Bertz CT molecular complexity index is 792. The highest BCUT2D eigenvalue weighted by molar-refractivity contribution is 5.94. The zero-order valence-corrected chi connectivity index (χ0v) is 15.9. The number of amides is 2. The monoisotopic (exact) mass is 368 g/mol. The number of carbonyl (C=O) groups is 2. The molecule has 3 rings (SSSR count). The highest BCUT2D eigenvalue weighted by Gasteiger charge is 2.28. The molecule has 0 unspecified atom stereocenters. The van der Waals surface area contributed by atoms with Crippen LogP contribution in [0.5, 0.6) is 0 Å². The van der Waals surface area contributed by atoms with E-state index in [2.05, 4.69) is 9.97 Å². The van der Waals surface area contributed by atoms with Crippen LogP contribution in [0.3, 0.4) is 0 Å². The summed E-state index contributed by atoms with van der Waals surface area (Å²) in [7, 11) is 0. The van der Waals surface area contributed by atoms with Crippen LogP contribution >= 0.6 is 0 Å². The Morgan fingerprint density at radius 1 is 0.926 bits per heavy atom. The third-order valence-electron chi connectivity index (χ3n) is 4.16. The summed E-state index contributed by atoms with van der Waals surface area (Å²) >= 11 is 0. The van der Waals surface area contributed by atoms with Crippen molar-refractivity contribution in [3.8, 4) is 11.4 Å². The van der Waals surface area contributed by atoms with Gasteiger partial charge in [0.1, 0.15) is 5.60 Å². The molecule has 1 saturated heterocycles. The zero-order valence-electron chi connectivity index (χ0n) is 15.9. The molecule has 0 aliphatic carbocycles. The van der Waals surface area contributed by atoms with Crippen molar-refractivity contribution in [2.75, 3.05) is 26.2 Å². The lowest BCUT2D eigenvalue weighted by Gasteiger charge is -2.35. The van der Waals surface area contributed by atoms with E-state index in [1.807, 2.05) is 39.0 Å². The van der Waals surface area contributed by atoms with E-state index in [1.54, 1.807) is 34.3 Å². The third kappa shape index (κ3) is 4.81. The minimum absolute atomic E-state index is 0.0843. The minimum atomic E-state index is -0.523. The van der Waals surface area contributed by atoms with Crippen LogP contribution in [0.4, 0.5) is 4.79 Å². The van der Waals surface area contributed by atoms with Crippen molar-refractivity contribution in [1.82, 2.24) is 19.8 Å². The largest absolute Gasteiger partial charge is 0.444 e. The van der Waals surface area contributed by atoms with Gasteiger partial charge < -0.3 is 14.5 Å². The molecule has 0 radical (unpaired) electrons. The molecule has 7 heteroatoms. The van der Waals surface area contributed by atoms with Gasteiger partial charge in [0.25, 0.3) is 5.91 Å². The molecule has 0 saturated carbocycles. The van der Waals surface area contributed by atoms with E-state index in [-0.39, 0.29) is 12.0 Å². The van der Waals surface area contributed by atoms with Gasteiger partial charge in [0.2, 0.25) is 0 Å². The molecule has 7 nitrogen and oxygen atoms in total. The molecule has 1 aliphatic heterocycles. The smallest absolute Gasteiger partial charge is 0.410 e. The maximum Gasteiger partial charge on any atom is 0.410 e. The number of pyridine rings is 2. The Hall–Kier alpha value is -2.96. The van der Waals surface area contributed by atoms with Gasteiger partial charge in [-0.15, -0.1) is 0 Å². The normalized spacial score (nSPS) is 14.8. The second kappa shape index (κ2) is 7.73. The van der Waals surface area contributed by atoms with Crippen LogP contribution in [0.15, 0.2) is 42.7 Å². The Morgan fingerprint density at radius 3 is 2.15 bits per heavy atom. The van der Waals surface area contributed by atoms with Crippen molar-refractivity contribution in [1.29, 1.82) is 0 Å². The van der Waals surface area contributed by atoms with Crippen LogP contribution in [0, 0.1) is 0 Å². The molecule has 0 atom stereocenters. The molecular weight excluding hydrogens is 344 g/mol. The highest BCUT2D eigenvalue weighted by Crippen LogP contribution is 2.16. The van der Waals surface area contributed by atoms with Gasteiger partial charge in [-0.25, -0.2) is 4.79 Å². The van der Waals surface area contributed by atoms with Crippen LogP contribution in [-0.4, -0.2) is 63.5 Å². The Balaban J connectivity index is 1.59. The fourth-order valence-electron chi connectivity index (χ4n) is 2.79. The summed E-state index contributed by atoms with van der Waals surface area (Å²) in [6, 6.07) is 9.18. The second-order valence-corrected chi connectivity index (χ2v) is 7.41. The summed E-state index contributed by atoms with van der Waals surface area (Å²) in [5.41, 5.74) is 1.50. The molecule has 0 bridgehead atoms. The van der Waals surface area contributed by atoms with E-state index in [0.717, 1.165) is 11.4 Å². The van der Waals surface area contributed by atoms with Gasteiger partial charge in [0.15, 0.2) is 0 Å². The number of hydrogen-bond donors (Lipinski definition) is 0. The van der Waals surface area contributed by atoms with Crippen LogP contribution in [0.2, 0.25) is 0 Å². The van der Waals surface area contributed by atoms with Crippen LogP contribution in [0.1, 0.15) is 31.1 Å². The number of ether oxygens (including phenoxy) is 1. The summed E-state index contributed by atoms with van der Waals surface area (Å²) in [5, 5.41) is 0. The van der Waals surface area contributed by atoms with Gasteiger partial charge >= 0.3 is 6.09 Å².